The standard InChI is InChI=1S/C17H31N3O4/c1-12-7-18-13(9-20(12)15(22)24-16(2,3)4)8-19-11-17(5,6)23-10-14(19)21/h12-13,18H,7-11H2,1-6H3/t12-,13+/m1/s1. The van der Waals surface area contributed by atoms with Gasteiger partial charge in [-0.2, -0.15) is 0 Å². The number of morpholine rings is 1. The van der Waals surface area contributed by atoms with Crippen molar-refractivity contribution in [2.24, 2.45) is 0 Å². The summed E-state index contributed by atoms with van der Waals surface area (Å²) in [6, 6.07) is 0.0968. The molecule has 0 aliphatic carbocycles. The first-order valence-electron chi connectivity index (χ1n) is 8.61. The molecule has 1 N–H and O–H groups in total. The summed E-state index contributed by atoms with van der Waals surface area (Å²) < 4.78 is 11.0. The number of nitrogens with zero attached hydrogens (tertiary/aromatic N) is 2. The second-order valence-electron chi connectivity index (χ2n) is 8.41. The van der Waals surface area contributed by atoms with Gasteiger partial charge in [0.2, 0.25) is 5.91 Å². The predicted molar refractivity (Wildman–Crippen MR) is 90.8 cm³/mol. The molecule has 2 rings (SSSR count). The minimum atomic E-state index is -0.513. The van der Waals surface area contributed by atoms with E-state index < -0.39 is 5.60 Å². The van der Waals surface area contributed by atoms with E-state index in [1.165, 1.54) is 0 Å². The lowest BCUT2D eigenvalue weighted by molar-refractivity contribution is -0.159. The molecule has 24 heavy (non-hydrogen) atoms. The molecule has 2 heterocycles. The van der Waals surface area contributed by atoms with Crippen LogP contribution in [0.1, 0.15) is 41.5 Å². The second kappa shape index (κ2) is 6.88. The van der Waals surface area contributed by atoms with Crippen molar-refractivity contribution in [3.8, 4) is 0 Å². The van der Waals surface area contributed by atoms with Crippen LogP contribution in [-0.2, 0) is 14.3 Å². The Morgan fingerprint density at radius 3 is 2.71 bits per heavy atom. The number of hydrogen-bond donors (Lipinski definition) is 1. The lowest BCUT2D eigenvalue weighted by atomic mass is 10.1. The van der Waals surface area contributed by atoms with Gasteiger partial charge in [0.25, 0.3) is 0 Å². The molecule has 0 aromatic heterocycles. The number of carbonyl (C=O) groups is 2. The van der Waals surface area contributed by atoms with E-state index in [0.29, 0.717) is 26.2 Å². The van der Waals surface area contributed by atoms with E-state index in [1.807, 2.05) is 46.4 Å². The monoisotopic (exact) mass is 341 g/mol. The number of amides is 2. The molecule has 2 aliphatic rings. The molecule has 7 heteroatoms. The molecule has 0 saturated carbocycles. The highest BCUT2D eigenvalue weighted by Gasteiger charge is 2.36. The molecule has 0 unspecified atom stereocenters. The summed E-state index contributed by atoms with van der Waals surface area (Å²) in [4.78, 5) is 28.1. The zero-order valence-corrected chi connectivity index (χ0v) is 15.7. The molecule has 2 fully saturated rings. The van der Waals surface area contributed by atoms with Crippen molar-refractivity contribution >= 4 is 12.0 Å². The summed E-state index contributed by atoms with van der Waals surface area (Å²) in [6.45, 7) is 14.0. The maximum atomic E-state index is 12.4. The molecule has 138 valence electrons. The molecule has 2 atom stereocenters. The number of ether oxygens (including phenoxy) is 2. The summed E-state index contributed by atoms with van der Waals surface area (Å²) in [5, 5.41) is 3.43. The lowest BCUT2D eigenvalue weighted by Gasteiger charge is -2.43. The maximum absolute atomic E-state index is 12.4. The highest BCUT2D eigenvalue weighted by atomic mass is 16.6. The Balaban J connectivity index is 1.97. The topological polar surface area (TPSA) is 71.1 Å². The first-order chi connectivity index (χ1) is 11.0. The van der Waals surface area contributed by atoms with Gasteiger partial charge in [0.05, 0.1) is 5.60 Å². The molecular weight excluding hydrogens is 310 g/mol. The first-order valence-corrected chi connectivity index (χ1v) is 8.61. The molecular formula is C17H31N3O4. The van der Waals surface area contributed by atoms with E-state index in [1.54, 1.807) is 4.90 Å². The highest BCUT2D eigenvalue weighted by molar-refractivity contribution is 5.78. The summed E-state index contributed by atoms with van der Waals surface area (Å²) in [5.41, 5.74) is -0.845. The first kappa shape index (κ1) is 19.0. The average molecular weight is 341 g/mol. The summed E-state index contributed by atoms with van der Waals surface area (Å²) in [7, 11) is 0. The normalized spacial score (nSPS) is 28.0. The van der Waals surface area contributed by atoms with Gasteiger partial charge in [-0.15, -0.1) is 0 Å². The fraction of sp³-hybridized carbons (Fsp3) is 0.882. The van der Waals surface area contributed by atoms with Crippen LogP contribution < -0.4 is 5.32 Å². The second-order valence-corrected chi connectivity index (χ2v) is 8.41. The predicted octanol–water partition coefficient (Wildman–Crippen LogP) is 1.22. The van der Waals surface area contributed by atoms with E-state index in [2.05, 4.69) is 5.32 Å². The van der Waals surface area contributed by atoms with E-state index in [-0.39, 0.29) is 36.3 Å². The van der Waals surface area contributed by atoms with Crippen LogP contribution in [0.15, 0.2) is 0 Å². The number of hydrogen-bond acceptors (Lipinski definition) is 5. The molecule has 0 spiro atoms. The number of rotatable bonds is 2. The van der Waals surface area contributed by atoms with Gasteiger partial charge in [0.15, 0.2) is 0 Å². The van der Waals surface area contributed by atoms with Gasteiger partial charge < -0.3 is 24.6 Å². The molecule has 2 aliphatic heterocycles. The van der Waals surface area contributed by atoms with Gasteiger partial charge in [-0.3, -0.25) is 4.79 Å². The Kier molecular flexibility index (Phi) is 5.44. The Morgan fingerprint density at radius 1 is 1.42 bits per heavy atom. The van der Waals surface area contributed by atoms with Crippen LogP contribution in [0.25, 0.3) is 0 Å². The van der Waals surface area contributed by atoms with Gasteiger partial charge in [-0.05, 0) is 41.5 Å². The molecule has 7 nitrogen and oxygen atoms in total. The Labute approximate surface area is 144 Å². The molecule has 2 amide bonds. The smallest absolute Gasteiger partial charge is 0.410 e. The third-order valence-electron chi connectivity index (χ3n) is 4.23. The Bertz CT molecular complexity index is 487. The third kappa shape index (κ3) is 5.08. The van der Waals surface area contributed by atoms with Crippen LogP contribution in [0.2, 0.25) is 0 Å². The van der Waals surface area contributed by atoms with Crippen molar-refractivity contribution in [1.82, 2.24) is 15.1 Å². The van der Waals surface area contributed by atoms with Crippen molar-refractivity contribution in [3.63, 3.8) is 0 Å². The SMILES string of the molecule is C[C@@H]1CN[C@@H](CN2CC(C)(C)OCC2=O)CN1C(=O)OC(C)(C)C. The van der Waals surface area contributed by atoms with Crippen LogP contribution in [-0.4, -0.2) is 77.9 Å². The molecule has 0 bridgehead atoms. The van der Waals surface area contributed by atoms with Gasteiger partial charge in [0, 0.05) is 38.3 Å². The number of piperazine rings is 1. The van der Waals surface area contributed by atoms with Crippen molar-refractivity contribution in [3.05, 3.63) is 0 Å². The minimum Gasteiger partial charge on any atom is -0.444 e. The van der Waals surface area contributed by atoms with E-state index >= 15 is 0 Å². The van der Waals surface area contributed by atoms with Gasteiger partial charge >= 0.3 is 6.09 Å². The average Bonchev–Trinajstić information content (AvgIpc) is 2.43. The summed E-state index contributed by atoms with van der Waals surface area (Å²) in [5.74, 6) is -0.00133. The zero-order valence-electron chi connectivity index (χ0n) is 15.7. The zero-order chi connectivity index (χ0) is 18.1. The number of carbonyl (C=O) groups excluding carboxylic acids is 2. The van der Waals surface area contributed by atoms with Crippen molar-refractivity contribution < 1.29 is 19.1 Å². The fourth-order valence-electron chi connectivity index (χ4n) is 3.00. The van der Waals surface area contributed by atoms with Gasteiger partial charge in [0.1, 0.15) is 12.2 Å². The van der Waals surface area contributed by atoms with Crippen molar-refractivity contribution in [2.45, 2.75) is 64.8 Å². The largest absolute Gasteiger partial charge is 0.444 e. The van der Waals surface area contributed by atoms with E-state index in [0.717, 1.165) is 0 Å². The van der Waals surface area contributed by atoms with Crippen LogP contribution in [0.4, 0.5) is 4.79 Å². The lowest BCUT2D eigenvalue weighted by Crippen LogP contribution is -2.62. The maximum Gasteiger partial charge on any atom is 0.410 e. The molecule has 2 saturated heterocycles. The van der Waals surface area contributed by atoms with Crippen LogP contribution in [0, 0.1) is 0 Å². The van der Waals surface area contributed by atoms with Crippen LogP contribution in [0.5, 0.6) is 0 Å². The molecule has 0 aromatic carbocycles. The fourth-order valence-corrected chi connectivity index (χ4v) is 3.00. The number of nitrogens with one attached hydrogen (secondary N) is 1. The van der Waals surface area contributed by atoms with E-state index in [9.17, 15) is 9.59 Å². The van der Waals surface area contributed by atoms with Crippen molar-refractivity contribution in [1.29, 1.82) is 0 Å². The summed E-state index contributed by atoms with van der Waals surface area (Å²) >= 11 is 0. The molecule has 0 aromatic rings. The third-order valence-corrected chi connectivity index (χ3v) is 4.23. The Morgan fingerprint density at radius 2 is 2.08 bits per heavy atom. The van der Waals surface area contributed by atoms with Crippen LogP contribution >= 0.6 is 0 Å². The Hall–Kier alpha value is -1.34. The van der Waals surface area contributed by atoms with Crippen LogP contribution in [0.3, 0.4) is 0 Å². The molecule has 0 radical (unpaired) electrons. The van der Waals surface area contributed by atoms with Gasteiger partial charge in [-0.1, -0.05) is 0 Å². The minimum absolute atomic E-state index is 0.00133. The van der Waals surface area contributed by atoms with Gasteiger partial charge in [-0.25, -0.2) is 4.79 Å². The highest BCUT2D eigenvalue weighted by Crippen LogP contribution is 2.19. The summed E-state index contributed by atoms with van der Waals surface area (Å²) in [6.07, 6.45) is -0.296. The van der Waals surface area contributed by atoms with Crippen molar-refractivity contribution in [2.75, 3.05) is 32.8 Å². The van der Waals surface area contributed by atoms with E-state index in [4.69, 9.17) is 9.47 Å². The quantitative estimate of drug-likeness (QED) is 0.818.